The molecule has 2 aromatic carbocycles. The van der Waals surface area contributed by atoms with Gasteiger partial charge in [0.15, 0.2) is 19.7 Å². The maximum atomic E-state index is 13.4. The highest BCUT2D eigenvalue weighted by Gasteiger charge is 2.47. The molecule has 1 unspecified atom stereocenters. The lowest BCUT2D eigenvalue weighted by atomic mass is 9.94. The predicted octanol–water partition coefficient (Wildman–Crippen LogP) is 4.36. The number of sulfone groups is 2. The molecule has 1 saturated carbocycles. The third-order valence-electron chi connectivity index (χ3n) is 7.03. The summed E-state index contributed by atoms with van der Waals surface area (Å²) in [6.07, 6.45) is -1.62. The summed E-state index contributed by atoms with van der Waals surface area (Å²) in [6, 6.07) is 7.88. The van der Waals surface area contributed by atoms with Crippen LogP contribution in [0.1, 0.15) is 49.0 Å². The number of hydrogen-bond donors (Lipinski definition) is 0. The van der Waals surface area contributed by atoms with Gasteiger partial charge >= 0.3 is 6.18 Å². The van der Waals surface area contributed by atoms with Crippen LogP contribution in [0.25, 0.3) is 0 Å². The van der Waals surface area contributed by atoms with Crippen molar-refractivity contribution in [3.05, 3.63) is 53.6 Å². The Morgan fingerprint density at radius 3 is 2.27 bits per heavy atom. The molecule has 0 aromatic heterocycles. The van der Waals surface area contributed by atoms with E-state index in [1.807, 2.05) is 0 Å². The fourth-order valence-corrected chi connectivity index (χ4v) is 7.15. The molecule has 4 rings (SSSR count). The van der Waals surface area contributed by atoms with Crippen molar-refractivity contribution in [3.63, 3.8) is 0 Å². The zero-order valence-corrected chi connectivity index (χ0v) is 22.2. The van der Waals surface area contributed by atoms with E-state index in [0.29, 0.717) is 11.8 Å². The highest BCUT2D eigenvalue weighted by molar-refractivity contribution is 7.92. The van der Waals surface area contributed by atoms with E-state index in [2.05, 4.69) is 0 Å². The number of ether oxygens (including phenoxy) is 1. The van der Waals surface area contributed by atoms with Gasteiger partial charge < -0.3 is 9.64 Å². The standard InChI is InChI=1S/C25H28F3NO6S2/c1-24(2,37(33,34)20-6-4-5-16(13-20)25(26,27)28)17-11-12-29(15-17)23(30)21-10-9-19(35-18-7-8-18)14-22(21)36(3,31)32/h4-6,9-10,13-14,17-18H,7-8,11-12,15H2,1-3H3. The second-order valence-electron chi connectivity index (χ2n) is 10.1. The van der Waals surface area contributed by atoms with Gasteiger partial charge in [0, 0.05) is 19.3 Å². The Morgan fingerprint density at radius 1 is 1.00 bits per heavy atom. The Balaban J connectivity index is 1.58. The second kappa shape index (κ2) is 9.30. The van der Waals surface area contributed by atoms with Crippen molar-refractivity contribution in [1.82, 2.24) is 4.90 Å². The Labute approximate surface area is 214 Å². The van der Waals surface area contributed by atoms with Crippen molar-refractivity contribution in [2.45, 2.75) is 59.9 Å². The van der Waals surface area contributed by atoms with Crippen molar-refractivity contribution in [2.24, 2.45) is 5.92 Å². The fourth-order valence-electron chi connectivity index (χ4n) is 4.48. The van der Waals surface area contributed by atoms with Crippen molar-refractivity contribution >= 4 is 25.6 Å². The van der Waals surface area contributed by atoms with Gasteiger partial charge in [-0.2, -0.15) is 13.2 Å². The summed E-state index contributed by atoms with van der Waals surface area (Å²) in [5.41, 5.74) is -1.10. The SMILES string of the molecule is CC(C)(C1CCN(C(=O)c2ccc(OC3CC3)cc2S(C)(=O)=O)C1)S(=O)(=O)c1cccc(C(F)(F)F)c1. The molecule has 1 amide bonds. The lowest BCUT2D eigenvalue weighted by molar-refractivity contribution is -0.137. The highest BCUT2D eigenvalue weighted by Crippen LogP contribution is 2.40. The van der Waals surface area contributed by atoms with Crippen molar-refractivity contribution < 1.29 is 39.5 Å². The maximum Gasteiger partial charge on any atom is 0.416 e. The van der Waals surface area contributed by atoms with Crippen molar-refractivity contribution in [2.75, 3.05) is 19.3 Å². The summed E-state index contributed by atoms with van der Waals surface area (Å²) >= 11 is 0. The molecular formula is C25H28F3NO6S2. The summed E-state index contributed by atoms with van der Waals surface area (Å²) in [7, 11) is -7.99. The van der Waals surface area contributed by atoms with E-state index in [0.717, 1.165) is 37.3 Å². The number of carbonyl (C=O) groups is 1. The van der Waals surface area contributed by atoms with Gasteiger partial charge in [0.1, 0.15) is 5.75 Å². The summed E-state index contributed by atoms with van der Waals surface area (Å²) in [5, 5.41) is 0. The molecule has 0 radical (unpaired) electrons. The molecule has 12 heteroatoms. The number of benzene rings is 2. The Bertz CT molecular complexity index is 1430. The first-order valence-corrected chi connectivity index (χ1v) is 15.1. The Morgan fingerprint density at radius 2 is 1.68 bits per heavy atom. The molecule has 1 atom stereocenters. The van der Waals surface area contributed by atoms with Crippen molar-refractivity contribution in [3.8, 4) is 5.75 Å². The molecule has 1 aliphatic heterocycles. The zero-order valence-electron chi connectivity index (χ0n) is 20.6. The Kier molecular flexibility index (Phi) is 6.90. The molecule has 1 aliphatic carbocycles. The number of hydrogen-bond acceptors (Lipinski definition) is 6. The molecule has 0 spiro atoms. The van der Waals surface area contributed by atoms with Gasteiger partial charge in [-0.3, -0.25) is 4.79 Å². The Hall–Kier alpha value is -2.60. The van der Waals surface area contributed by atoms with E-state index in [-0.39, 0.29) is 36.1 Å². The molecule has 2 aliphatic rings. The molecule has 2 aromatic rings. The highest BCUT2D eigenvalue weighted by atomic mass is 32.2. The monoisotopic (exact) mass is 559 g/mol. The molecule has 7 nitrogen and oxygen atoms in total. The molecule has 0 N–H and O–H groups in total. The van der Waals surface area contributed by atoms with Crippen LogP contribution in [0.4, 0.5) is 13.2 Å². The number of alkyl halides is 3. The van der Waals surface area contributed by atoms with Gasteiger partial charge in [-0.1, -0.05) is 6.07 Å². The minimum atomic E-state index is -4.69. The molecular weight excluding hydrogens is 531 g/mol. The smallest absolute Gasteiger partial charge is 0.416 e. The van der Waals surface area contributed by atoms with Gasteiger partial charge in [0.2, 0.25) is 0 Å². The first-order valence-electron chi connectivity index (χ1n) is 11.7. The number of likely N-dealkylation sites (tertiary alicyclic amines) is 1. The quantitative estimate of drug-likeness (QED) is 0.500. The summed E-state index contributed by atoms with van der Waals surface area (Å²) in [5.74, 6) is -0.796. The van der Waals surface area contributed by atoms with Gasteiger partial charge in [0.25, 0.3) is 5.91 Å². The topological polar surface area (TPSA) is 97.8 Å². The van der Waals surface area contributed by atoms with Crippen LogP contribution >= 0.6 is 0 Å². The third-order valence-corrected chi connectivity index (χ3v) is 10.8. The summed E-state index contributed by atoms with van der Waals surface area (Å²) in [4.78, 5) is 14.1. The van der Waals surface area contributed by atoms with Gasteiger partial charge in [-0.05, 0) is 75.4 Å². The van der Waals surface area contributed by atoms with Crippen LogP contribution in [0.2, 0.25) is 0 Å². The lowest BCUT2D eigenvalue weighted by Gasteiger charge is -2.31. The van der Waals surface area contributed by atoms with Gasteiger partial charge in [-0.15, -0.1) is 0 Å². The molecule has 202 valence electrons. The molecule has 1 saturated heterocycles. The van der Waals surface area contributed by atoms with Crippen LogP contribution in [-0.2, 0) is 25.9 Å². The number of halogens is 3. The fraction of sp³-hybridized carbons (Fsp3) is 0.480. The first kappa shape index (κ1) is 27.4. The average Bonchev–Trinajstić information content (AvgIpc) is 3.47. The van der Waals surface area contributed by atoms with Gasteiger partial charge in [0.05, 0.1) is 31.8 Å². The summed E-state index contributed by atoms with van der Waals surface area (Å²) < 4.78 is 95.4. The molecule has 1 heterocycles. The van der Waals surface area contributed by atoms with Crippen LogP contribution in [0, 0.1) is 5.92 Å². The third kappa shape index (κ3) is 5.50. The lowest BCUT2D eigenvalue weighted by Crippen LogP contribution is -2.42. The van der Waals surface area contributed by atoms with E-state index < -0.39 is 52.9 Å². The van der Waals surface area contributed by atoms with E-state index in [1.54, 1.807) is 0 Å². The van der Waals surface area contributed by atoms with Crippen LogP contribution in [0.5, 0.6) is 5.75 Å². The summed E-state index contributed by atoms with van der Waals surface area (Å²) in [6.45, 7) is 3.06. The predicted molar refractivity (Wildman–Crippen MR) is 130 cm³/mol. The first-order chi connectivity index (χ1) is 17.0. The van der Waals surface area contributed by atoms with Crippen molar-refractivity contribution in [1.29, 1.82) is 0 Å². The number of nitrogens with zero attached hydrogens (tertiary/aromatic N) is 1. The van der Waals surface area contributed by atoms with Crippen LogP contribution < -0.4 is 4.74 Å². The van der Waals surface area contributed by atoms with Crippen LogP contribution in [-0.4, -0.2) is 57.8 Å². The number of rotatable bonds is 7. The zero-order chi connectivity index (χ0) is 27.4. The van der Waals surface area contributed by atoms with Gasteiger partial charge in [-0.25, -0.2) is 16.8 Å². The minimum Gasteiger partial charge on any atom is -0.490 e. The van der Waals surface area contributed by atoms with E-state index in [1.165, 1.54) is 36.9 Å². The average molecular weight is 560 g/mol. The molecule has 37 heavy (non-hydrogen) atoms. The van der Waals surface area contributed by atoms with Crippen LogP contribution in [0.3, 0.4) is 0 Å². The maximum absolute atomic E-state index is 13.4. The normalized spacial score (nSPS) is 19.2. The molecule has 2 fully saturated rings. The molecule has 0 bridgehead atoms. The van der Waals surface area contributed by atoms with E-state index in [9.17, 15) is 34.8 Å². The largest absolute Gasteiger partial charge is 0.490 e. The number of amides is 1. The van der Waals surface area contributed by atoms with E-state index >= 15 is 0 Å². The minimum absolute atomic E-state index is 0.00749. The second-order valence-corrected chi connectivity index (χ2v) is 14.6. The van der Waals surface area contributed by atoms with Crippen LogP contribution in [0.15, 0.2) is 52.3 Å². The number of carbonyl (C=O) groups excluding carboxylic acids is 1. The van der Waals surface area contributed by atoms with E-state index in [4.69, 9.17) is 4.74 Å².